The van der Waals surface area contributed by atoms with E-state index in [2.05, 4.69) is 89.8 Å². The third-order valence-corrected chi connectivity index (χ3v) is 6.70. The number of hydrogen-bond acceptors (Lipinski definition) is 3. The van der Waals surface area contributed by atoms with Crippen LogP contribution in [-0.4, -0.2) is 11.1 Å². The van der Waals surface area contributed by atoms with Gasteiger partial charge in [-0.15, -0.1) is 0 Å². The molecule has 2 fully saturated rings. The van der Waals surface area contributed by atoms with E-state index in [0.29, 0.717) is 0 Å². The van der Waals surface area contributed by atoms with E-state index in [0.717, 1.165) is 24.9 Å². The molecule has 3 nitrogen and oxygen atoms in total. The van der Waals surface area contributed by atoms with Gasteiger partial charge in [0.2, 0.25) is 0 Å². The number of rotatable bonds is 5. The van der Waals surface area contributed by atoms with E-state index >= 15 is 0 Å². The average molecular weight is 400 g/mol. The monoisotopic (exact) mass is 399 g/mol. The first-order valence-corrected chi connectivity index (χ1v) is 11.1. The molecule has 2 unspecified atom stereocenters. The normalized spacial score (nSPS) is 24.0. The van der Waals surface area contributed by atoms with Crippen LogP contribution in [0.2, 0.25) is 0 Å². The van der Waals surface area contributed by atoms with Gasteiger partial charge in [-0.05, 0) is 29.5 Å². The van der Waals surface area contributed by atoms with Gasteiger partial charge in [-0.2, -0.15) is 0 Å². The van der Waals surface area contributed by atoms with E-state index in [1.54, 1.807) is 0 Å². The summed E-state index contributed by atoms with van der Waals surface area (Å²) in [4.78, 5) is 14.7. The molecule has 0 N–H and O–H groups in total. The lowest BCUT2D eigenvalue weighted by molar-refractivity contribution is -0.310. The lowest BCUT2D eigenvalue weighted by atomic mass is 9.67. The van der Waals surface area contributed by atoms with Crippen molar-refractivity contribution in [1.82, 2.24) is 4.90 Å². The Labute approximate surface area is 179 Å². The van der Waals surface area contributed by atoms with Gasteiger partial charge in [0, 0.05) is 12.0 Å². The second-order valence-corrected chi connectivity index (χ2v) is 8.55. The van der Waals surface area contributed by atoms with Crippen molar-refractivity contribution in [2.24, 2.45) is 0 Å². The van der Waals surface area contributed by atoms with Crippen molar-refractivity contribution in [3.63, 3.8) is 0 Å². The molecule has 0 radical (unpaired) electrons. The van der Waals surface area contributed by atoms with Crippen LogP contribution >= 0.6 is 0 Å². The molecule has 3 aromatic carbocycles. The van der Waals surface area contributed by atoms with Crippen LogP contribution in [0.1, 0.15) is 55.0 Å². The summed E-state index contributed by atoms with van der Waals surface area (Å²) in [5, 5.41) is 0. The summed E-state index contributed by atoms with van der Waals surface area (Å²) < 4.78 is 0. The highest BCUT2D eigenvalue weighted by Gasteiger charge is 2.51. The Kier molecular flexibility index (Phi) is 5.67. The van der Waals surface area contributed by atoms with Crippen molar-refractivity contribution in [2.45, 2.75) is 56.5 Å². The van der Waals surface area contributed by atoms with Crippen LogP contribution in [-0.2, 0) is 21.7 Å². The van der Waals surface area contributed by atoms with E-state index in [-0.39, 0.29) is 17.9 Å². The van der Waals surface area contributed by atoms with Gasteiger partial charge in [0.05, 0.1) is 0 Å². The number of benzene rings is 3. The smallest absolute Gasteiger partial charge is 0.174 e. The first-order valence-electron chi connectivity index (χ1n) is 11.1. The quantitative estimate of drug-likeness (QED) is 0.465. The van der Waals surface area contributed by atoms with Gasteiger partial charge in [-0.1, -0.05) is 110 Å². The largest absolute Gasteiger partial charge is 0.238 e. The molecule has 0 aromatic heterocycles. The van der Waals surface area contributed by atoms with Gasteiger partial charge in [0.15, 0.2) is 12.5 Å². The zero-order valence-corrected chi connectivity index (χ0v) is 17.3. The lowest BCUT2D eigenvalue weighted by Gasteiger charge is -2.44. The summed E-state index contributed by atoms with van der Waals surface area (Å²) in [6, 6.07) is 32.0. The van der Waals surface area contributed by atoms with Gasteiger partial charge in [-0.25, -0.2) is 14.7 Å². The van der Waals surface area contributed by atoms with Crippen LogP contribution in [0, 0.1) is 0 Å². The maximum atomic E-state index is 6.23. The Bertz CT molecular complexity index is 923. The molecule has 0 amide bonds. The third kappa shape index (κ3) is 3.69. The van der Waals surface area contributed by atoms with E-state index in [1.807, 2.05) is 6.07 Å². The van der Waals surface area contributed by atoms with Crippen molar-refractivity contribution in [1.29, 1.82) is 0 Å². The minimum atomic E-state index is -0.209. The molecular formula is C27H29NO2. The molecule has 1 saturated heterocycles. The molecule has 3 heteroatoms. The maximum absolute atomic E-state index is 6.23. The molecule has 3 aromatic rings. The van der Waals surface area contributed by atoms with Gasteiger partial charge < -0.3 is 0 Å². The minimum absolute atomic E-state index is 0.0577. The summed E-state index contributed by atoms with van der Waals surface area (Å²) in [5.41, 5.74) is 3.72. The van der Waals surface area contributed by atoms with Crippen LogP contribution in [0.4, 0.5) is 0 Å². The molecule has 1 aliphatic heterocycles. The van der Waals surface area contributed by atoms with Crippen LogP contribution in [0.25, 0.3) is 0 Å². The Hall–Kier alpha value is -2.46. The average Bonchev–Trinajstić information content (AvgIpc) is 3.25. The summed E-state index contributed by atoms with van der Waals surface area (Å²) in [7, 11) is 0. The number of nitrogens with zero attached hydrogens (tertiary/aromatic N) is 1. The van der Waals surface area contributed by atoms with E-state index < -0.39 is 0 Å². The molecule has 0 spiro atoms. The molecule has 1 aliphatic carbocycles. The number of hydrogen-bond donors (Lipinski definition) is 0. The van der Waals surface area contributed by atoms with Crippen LogP contribution in [0.15, 0.2) is 91.0 Å². The molecule has 2 aliphatic rings. The third-order valence-electron chi connectivity index (χ3n) is 6.70. The molecule has 154 valence electrons. The molecule has 30 heavy (non-hydrogen) atoms. The highest BCUT2D eigenvalue weighted by Crippen LogP contribution is 2.49. The summed E-state index contributed by atoms with van der Waals surface area (Å²) in [6.07, 6.45) is 5.66. The zero-order valence-electron chi connectivity index (χ0n) is 17.3. The summed E-state index contributed by atoms with van der Waals surface area (Å²) in [5.74, 6) is 0. The molecule has 5 rings (SSSR count). The van der Waals surface area contributed by atoms with Crippen molar-refractivity contribution >= 4 is 0 Å². The van der Waals surface area contributed by atoms with Crippen LogP contribution < -0.4 is 0 Å². The predicted molar refractivity (Wildman–Crippen MR) is 118 cm³/mol. The molecule has 0 bridgehead atoms. The predicted octanol–water partition coefficient (Wildman–Crippen LogP) is 6.38. The molecule has 2 atom stereocenters. The first-order chi connectivity index (χ1) is 14.9. The van der Waals surface area contributed by atoms with Gasteiger partial charge in [-0.3, -0.25) is 0 Å². The van der Waals surface area contributed by atoms with Crippen molar-refractivity contribution in [3.8, 4) is 0 Å². The minimum Gasteiger partial charge on any atom is -0.238 e. The summed E-state index contributed by atoms with van der Waals surface area (Å²) in [6.45, 7) is 0.791. The fourth-order valence-electron chi connectivity index (χ4n) is 5.20. The van der Waals surface area contributed by atoms with Crippen LogP contribution in [0.3, 0.4) is 0 Å². The van der Waals surface area contributed by atoms with Crippen LogP contribution in [0.5, 0.6) is 0 Å². The molecule has 1 heterocycles. The van der Waals surface area contributed by atoms with E-state index in [9.17, 15) is 0 Å². The standard InChI is InChI=1S/C27H29NO2/c1-5-13-22(14-6-1)21-28-25(23-15-7-2-8-16-23)29-30-26(28)27(19-11-4-12-20-27)24-17-9-3-10-18-24/h1-3,5-10,13-18,25-26H,4,11-12,19-21H2. The Morgan fingerprint density at radius 2 is 1.30 bits per heavy atom. The van der Waals surface area contributed by atoms with Gasteiger partial charge in [0.1, 0.15) is 0 Å². The Morgan fingerprint density at radius 1 is 0.700 bits per heavy atom. The highest BCUT2D eigenvalue weighted by molar-refractivity contribution is 5.29. The molecule has 1 saturated carbocycles. The van der Waals surface area contributed by atoms with Gasteiger partial charge >= 0.3 is 0 Å². The summed E-state index contributed by atoms with van der Waals surface area (Å²) >= 11 is 0. The topological polar surface area (TPSA) is 21.7 Å². The Morgan fingerprint density at radius 3 is 1.97 bits per heavy atom. The fraction of sp³-hybridized carbons (Fsp3) is 0.333. The van der Waals surface area contributed by atoms with E-state index in [4.69, 9.17) is 9.78 Å². The Balaban J connectivity index is 1.56. The molecular weight excluding hydrogens is 370 g/mol. The second kappa shape index (κ2) is 8.73. The van der Waals surface area contributed by atoms with Gasteiger partial charge in [0.25, 0.3) is 0 Å². The maximum Gasteiger partial charge on any atom is 0.174 e. The highest BCUT2D eigenvalue weighted by atomic mass is 17.2. The second-order valence-electron chi connectivity index (χ2n) is 8.55. The van der Waals surface area contributed by atoms with Crippen molar-refractivity contribution in [2.75, 3.05) is 0 Å². The van der Waals surface area contributed by atoms with E-state index in [1.165, 1.54) is 30.4 Å². The first kappa shape index (κ1) is 19.5. The lowest BCUT2D eigenvalue weighted by Crippen LogP contribution is -2.49. The zero-order chi connectivity index (χ0) is 20.2. The fourth-order valence-corrected chi connectivity index (χ4v) is 5.20. The SMILES string of the molecule is c1ccc(CN2C(c3ccccc3)OOC2C2(c3ccccc3)CCCCC2)cc1. The van der Waals surface area contributed by atoms with Crippen molar-refractivity contribution < 1.29 is 9.78 Å². The van der Waals surface area contributed by atoms with Crippen molar-refractivity contribution in [3.05, 3.63) is 108 Å².